The topological polar surface area (TPSA) is 92.2 Å². The van der Waals surface area contributed by atoms with Crippen LogP contribution in [0.2, 0.25) is 10.0 Å². The van der Waals surface area contributed by atoms with E-state index >= 15 is 0 Å². The maximum absolute atomic E-state index is 13.2. The molecule has 0 aliphatic heterocycles. The van der Waals surface area contributed by atoms with Gasteiger partial charge in [0, 0.05) is 25.6 Å². The van der Waals surface area contributed by atoms with Crippen LogP contribution < -0.4 is 16.1 Å². The molecule has 10 heteroatoms. The molecule has 0 radical (unpaired) electrons. The predicted octanol–water partition coefficient (Wildman–Crippen LogP) is 6.29. The molecule has 1 heterocycles. The molecule has 3 aromatic carbocycles. The summed E-state index contributed by atoms with van der Waals surface area (Å²) in [5.74, 6) is -2.39. The van der Waals surface area contributed by atoms with Gasteiger partial charge in [0.2, 0.25) is 0 Å². The Labute approximate surface area is 219 Å². The minimum Gasteiger partial charge on any atom is -0.320 e. The molecule has 0 bridgehead atoms. The van der Waals surface area contributed by atoms with Crippen LogP contribution in [0.3, 0.4) is 0 Å². The van der Waals surface area contributed by atoms with Crippen LogP contribution in [0.1, 0.15) is 21.6 Å². The zero-order chi connectivity index (χ0) is 25.3. The largest absolute Gasteiger partial charge is 0.328 e. The molecular formula is C25H19BrCl2N4O3. The summed E-state index contributed by atoms with van der Waals surface area (Å²) in [6.45, 7) is 3.76. The smallest absolute Gasteiger partial charge is 0.320 e. The minimum absolute atomic E-state index is 0.106. The summed E-state index contributed by atoms with van der Waals surface area (Å²) in [4.78, 5) is 38.5. The fourth-order valence-corrected chi connectivity index (χ4v) is 4.35. The highest BCUT2D eigenvalue weighted by Gasteiger charge is 2.22. The van der Waals surface area contributed by atoms with E-state index in [2.05, 4.69) is 32.0 Å². The SMILES string of the molecule is Cc1ccc(NC(=O)c2cc3cc(Cl)ccc3n2NC(=O)C(=O)Nc2ccc(C)c(Cl)c2)c(Br)c1. The van der Waals surface area contributed by atoms with Crippen molar-refractivity contribution in [2.45, 2.75) is 13.8 Å². The summed E-state index contributed by atoms with van der Waals surface area (Å²) in [6.07, 6.45) is 0. The first-order chi connectivity index (χ1) is 16.6. The van der Waals surface area contributed by atoms with Crippen molar-refractivity contribution in [3.05, 3.63) is 92.0 Å². The first kappa shape index (κ1) is 24.8. The van der Waals surface area contributed by atoms with Gasteiger partial charge in [-0.3, -0.25) is 19.8 Å². The maximum atomic E-state index is 13.2. The third-order valence-electron chi connectivity index (χ3n) is 5.22. The molecule has 7 nitrogen and oxygen atoms in total. The first-order valence-electron chi connectivity index (χ1n) is 10.4. The quantitative estimate of drug-likeness (QED) is 0.251. The summed E-state index contributed by atoms with van der Waals surface area (Å²) >= 11 is 15.7. The number of aryl methyl sites for hydroxylation is 2. The van der Waals surface area contributed by atoms with Gasteiger partial charge in [-0.2, -0.15) is 0 Å². The van der Waals surface area contributed by atoms with Crippen LogP contribution in [0.15, 0.2) is 65.1 Å². The first-order valence-corrected chi connectivity index (χ1v) is 11.9. The second kappa shape index (κ2) is 10.1. The molecule has 178 valence electrons. The molecule has 35 heavy (non-hydrogen) atoms. The van der Waals surface area contributed by atoms with E-state index in [0.717, 1.165) is 11.1 Å². The number of rotatable bonds is 4. The van der Waals surface area contributed by atoms with Crippen LogP contribution >= 0.6 is 39.1 Å². The number of nitrogens with one attached hydrogen (secondary N) is 3. The molecule has 0 aliphatic carbocycles. The Morgan fingerprint density at radius 1 is 0.857 bits per heavy atom. The van der Waals surface area contributed by atoms with Gasteiger partial charge in [-0.05, 0) is 89.4 Å². The van der Waals surface area contributed by atoms with E-state index in [9.17, 15) is 14.4 Å². The Kier molecular flexibility index (Phi) is 7.16. The van der Waals surface area contributed by atoms with Crippen molar-refractivity contribution < 1.29 is 14.4 Å². The number of carbonyl (C=O) groups excluding carboxylic acids is 3. The third-order valence-corrected chi connectivity index (χ3v) is 6.52. The van der Waals surface area contributed by atoms with E-state index < -0.39 is 17.7 Å². The zero-order valence-corrected chi connectivity index (χ0v) is 21.7. The van der Waals surface area contributed by atoms with Gasteiger partial charge in [0.1, 0.15) is 5.69 Å². The lowest BCUT2D eigenvalue weighted by atomic mass is 10.2. The average molecular weight is 574 g/mol. The number of halogens is 3. The summed E-state index contributed by atoms with van der Waals surface area (Å²) in [7, 11) is 0. The van der Waals surface area contributed by atoms with Gasteiger partial charge in [-0.1, -0.05) is 35.3 Å². The zero-order valence-electron chi connectivity index (χ0n) is 18.6. The van der Waals surface area contributed by atoms with Crippen LogP contribution in [0.5, 0.6) is 0 Å². The molecule has 1 aromatic heterocycles. The minimum atomic E-state index is -0.972. The van der Waals surface area contributed by atoms with E-state index in [0.29, 0.717) is 36.8 Å². The normalized spacial score (nSPS) is 10.8. The van der Waals surface area contributed by atoms with Crippen molar-refractivity contribution in [2.75, 3.05) is 16.1 Å². The van der Waals surface area contributed by atoms with Crippen LogP contribution in [-0.4, -0.2) is 22.4 Å². The number of hydrogen-bond acceptors (Lipinski definition) is 3. The number of amides is 3. The average Bonchev–Trinajstić information content (AvgIpc) is 3.15. The molecule has 4 aromatic rings. The molecule has 0 saturated carbocycles. The number of nitrogens with zero attached hydrogens (tertiary/aromatic N) is 1. The van der Waals surface area contributed by atoms with Crippen LogP contribution in [0.25, 0.3) is 10.9 Å². The van der Waals surface area contributed by atoms with Crippen molar-refractivity contribution in [3.8, 4) is 0 Å². The van der Waals surface area contributed by atoms with Gasteiger partial charge >= 0.3 is 11.8 Å². The molecule has 0 aliphatic rings. The van der Waals surface area contributed by atoms with Crippen molar-refractivity contribution >= 4 is 79.1 Å². The summed E-state index contributed by atoms with van der Waals surface area (Å²) in [6, 6.07) is 16.9. The third kappa shape index (κ3) is 5.51. The number of anilines is 2. The molecule has 4 rings (SSSR count). The lowest BCUT2D eigenvalue weighted by molar-refractivity contribution is -0.133. The van der Waals surface area contributed by atoms with Gasteiger partial charge < -0.3 is 10.6 Å². The highest BCUT2D eigenvalue weighted by atomic mass is 79.9. The van der Waals surface area contributed by atoms with Gasteiger partial charge in [-0.25, -0.2) is 4.68 Å². The lowest BCUT2D eigenvalue weighted by Crippen LogP contribution is -2.36. The van der Waals surface area contributed by atoms with Crippen LogP contribution in [0, 0.1) is 13.8 Å². The summed E-state index contributed by atoms with van der Waals surface area (Å²) < 4.78 is 1.96. The van der Waals surface area contributed by atoms with Crippen molar-refractivity contribution in [3.63, 3.8) is 0 Å². The highest BCUT2D eigenvalue weighted by Crippen LogP contribution is 2.27. The summed E-state index contributed by atoms with van der Waals surface area (Å²) in [5.41, 5.74) is 5.88. The van der Waals surface area contributed by atoms with Crippen LogP contribution in [0.4, 0.5) is 11.4 Å². The Morgan fingerprint density at radius 3 is 2.34 bits per heavy atom. The number of aromatic nitrogens is 1. The van der Waals surface area contributed by atoms with E-state index in [4.69, 9.17) is 23.2 Å². The summed E-state index contributed by atoms with van der Waals surface area (Å²) in [5, 5.41) is 6.85. The van der Waals surface area contributed by atoms with Crippen molar-refractivity contribution in [1.82, 2.24) is 4.68 Å². The second-order valence-electron chi connectivity index (χ2n) is 7.86. The van der Waals surface area contributed by atoms with E-state index in [-0.39, 0.29) is 5.69 Å². The van der Waals surface area contributed by atoms with E-state index in [1.807, 2.05) is 26.0 Å². The monoisotopic (exact) mass is 572 g/mol. The molecule has 3 N–H and O–H groups in total. The second-order valence-corrected chi connectivity index (χ2v) is 9.56. The molecule has 0 saturated heterocycles. The molecule has 0 atom stereocenters. The van der Waals surface area contributed by atoms with Crippen LogP contribution in [-0.2, 0) is 9.59 Å². The number of fused-ring (bicyclic) bond motifs is 1. The fraction of sp³-hybridized carbons (Fsp3) is 0.0800. The molecule has 0 fully saturated rings. The van der Waals surface area contributed by atoms with Crippen molar-refractivity contribution in [1.29, 1.82) is 0 Å². The standard InChI is InChI=1S/C25H19BrCl2N4O3/c1-13-3-7-20(18(26)9-13)30-23(33)22-11-15-10-16(27)5-8-21(15)32(22)31-25(35)24(34)29-17-6-4-14(2)19(28)12-17/h3-12H,1-2H3,(H,29,34)(H,30,33)(H,31,35). The van der Waals surface area contributed by atoms with E-state index in [1.54, 1.807) is 48.5 Å². The Bertz CT molecular complexity index is 1500. The van der Waals surface area contributed by atoms with Crippen molar-refractivity contribution in [2.24, 2.45) is 0 Å². The van der Waals surface area contributed by atoms with E-state index in [1.165, 1.54) is 4.68 Å². The number of benzene rings is 3. The number of hydrogen-bond donors (Lipinski definition) is 3. The van der Waals surface area contributed by atoms with Gasteiger partial charge in [0.05, 0.1) is 11.2 Å². The Morgan fingerprint density at radius 2 is 1.63 bits per heavy atom. The molecule has 0 spiro atoms. The molecule has 0 unspecified atom stereocenters. The van der Waals surface area contributed by atoms with Gasteiger partial charge in [0.15, 0.2) is 0 Å². The van der Waals surface area contributed by atoms with Gasteiger partial charge in [0.25, 0.3) is 5.91 Å². The maximum Gasteiger partial charge on any atom is 0.328 e. The lowest BCUT2D eigenvalue weighted by Gasteiger charge is -2.13. The molecule has 3 amide bonds. The highest BCUT2D eigenvalue weighted by molar-refractivity contribution is 9.10. The predicted molar refractivity (Wildman–Crippen MR) is 143 cm³/mol. The molecular weight excluding hydrogens is 555 g/mol. The number of carbonyl (C=O) groups is 3. The Hall–Kier alpha value is -3.33. The van der Waals surface area contributed by atoms with Gasteiger partial charge in [-0.15, -0.1) is 0 Å². The Balaban J connectivity index is 1.63. The fourth-order valence-electron chi connectivity index (χ4n) is 3.39.